The first-order chi connectivity index (χ1) is 19.9. The maximum Gasteiger partial charge on any atom is 0.228 e. The zero-order valence-electron chi connectivity index (χ0n) is 28.0. The van der Waals surface area contributed by atoms with E-state index >= 15 is 0 Å². The summed E-state index contributed by atoms with van der Waals surface area (Å²) in [6, 6.07) is 0. The summed E-state index contributed by atoms with van der Waals surface area (Å²) in [5, 5.41) is 0. The molecule has 0 radical (unpaired) electrons. The summed E-state index contributed by atoms with van der Waals surface area (Å²) in [7, 11) is 0. The Labute approximate surface area is 257 Å². The lowest BCUT2D eigenvalue weighted by molar-refractivity contribution is -0.163. The molecule has 12 nitrogen and oxygen atoms in total. The molecule has 6 amide bonds. The van der Waals surface area contributed by atoms with Gasteiger partial charge in [0.15, 0.2) is 0 Å². The Hall–Kier alpha value is -3.18. The molecule has 244 valence electrons. The molecule has 0 saturated carbocycles. The van der Waals surface area contributed by atoms with Gasteiger partial charge in [-0.05, 0) is 18.8 Å². The number of nitrogens with zero attached hydrogens (tertiary/aromatic N) is 6. The van der Waals surface area contributed by atoms with Crippen molar-refractivity contribution in [2.75, 3.05) is 40.0 Å². The van der Waals surface area contributed by atoms with Crippen LogP contribution in [0.4, 0.5) is 0 Å². The average molecular weight is 607 g/mol. The van der Waals surface area contributed by atoms with Crippen molar-refractivity contribution in [3.63, 3.8) is 0 Å². The number of hydrogen-bond donors (Lipinski definition) is 0. The molecule has 2 fully saturated rings. The van der Waals surface area contributed by atoms with E-state index < -0.39 is 5.92 Å². The van der Waals surface area contributed by atoms with Gasteiger partial charge in [-0.1, -0.05) is 69.2 Å². The number of rotatable bonds is 10. The summed E-state index contributed by atoms with van der Waals surface area (Å²) in [4.78, 5) is 88.2. The van der Waals surface area contributed by atoms with E-state index in [4.69, 9.17) is 0 Å². The lowest BCUT2D eigenvalue weighted by Gasteiger charge is -2.44. The van der Waals surface area contributed by atoms with Crippen LogP contribution >= 0.6 is 0 Å². The second kappa shape index (κ2) is 15.5. The van der Waals surface area contributed by atoms with Crippen molar-refractivity contribution in [1.82, 2.24) is 29.4 Å². The second-order valence-electron chi connectivity index (χ2n) is 13.7. The minimum absolute atomic E-state index is 0.0632. The highest BCUT2D eigenvalue weighted by Gasteiger charge is 2.37. The van der Waals surface area contributed by atoms with Gasteiger partial charge in [0.25, 0.3) is 0 Å². The molecule has 2 aliphatic rings. The van der Waals surface area contributed by atoms with Crippen LogP contribution in [0, 0.1) is 35.5 Å². The summed E-state index contributed by atoms with van der Waals surface area (Å²) in [5.41, 5.74) is 0. The van der Waals surface area contributed by atoms with Crippen LogP contribution < -0.4 is 0 Å². The highest BCUT2D eigenvalue weighted by Crippen LogP contribution is 2.24. The number of carbonyl (C=O) groups is 6. The molecule has 2 aliphatic heterocycles. The fraction of sp³-hybridized carbons (Fsp3) is 0.806. The van der Waals surface area contributed by atoms with E-state index in [1.165, 1.54) is 24.5 Å². The van der Waals surface area contributed by atoms with Gasteiger partial charge in [0.05, 0.1) is 40.0 Å². The predicted molar refractivity (Wildman–Crippen MR) is 162 cm³/mol. The van der Waals surface area contributed by atoms with E-state index in [-0.39, 0.29) is 118 Å². The normalized spacial score (nSPS) is 17.1. The van der Waals surface area contributed by atoms with Gasteiger partial charge >= 0.3 is 0 Å². The van der Waals surface area contributed by atoms with Gasteiger partial charge in [0, 0.05) is 36.0 Å². The quantitative estimate of drug-likeness (QED) is 0.377. The standard InChI is InChI=1S/C31H54N6O6/c1-20(2)13-25(31(43)37-18-35(29(41)23(7)8)17-36(19-37)30(42)24(9)10)11-12-26(38)32-14-33(27(39)21(3)4)16-34(15-32)28(40)22(5)6/h20-25H,11-19H2,1-10H3. The van der Waals surface area contributed by atoms with E-state index in [0.717, 1.165) is 0 Å². The maximum atomic E-state index is 14.0. The molecule has 12 heteroatoms. The highest BCUT2D eigenvalue weighted by atomic mass is 16.2. The lowest BCUT2D eigenvalue weighted by atomic mass is 9.91. The Bertz CT molecular complexity index is 986. The fourth-order valence-corrected chi connectivity index (χ4v) is 5.45. The van der Waals surface area contributed by atoms with Crippen LogP contribution in [0.25, 0.3) is 0 Å². The molecule has 0 N–H and O–H groups in total. The summed E-state index contributed by atoms with van der Waals surface area (Å²) in [6.07, 6.45) is 0.873. The zero-order chi connectivity index (χ0) is 32.8. The first kappa shape index (κ1) is 36.0. The van der Waals surface area contributed by atoms with Gasteiger partial charge < -0.3 is 29.4 Å². The number of hydrogen-bond acceptors (Lipinski definition) is 6. The van der Waals surface area contributed by atoms with Gasteiger partial charge in [0.2, 0.25) is 35.4 Å². The Morgan fingerprint density at radius 3 is 1.00 bits per heavy atom. The summed E-state index contributed by atoms with van der Waals surface area (Å²) >= 11 is 0. The minimum atomic E-state index is -0.499. The van der Waals surface area contributed by atoms with Crippen molar-refractivity contribution in [2.45, 2.75) is 88.5 Å². The molecule has 0 aliphatic carbocycles. The minimum Gasteiger partial charge on any atom is -0.307 e. The maximum absolute atomic E-state index is 14.0. The van der Waals surface area contributed by atoms with Crippen LogP contribution in [-0.2, 0) is 28.8 Å². The number of amides is 6. The molecular formula is C31H54N6O6. The molecule has 2 heterocycles. The molecule has 2 rings (SSSR count). The van der Waals surface area contributed by atoms with E-state index in [2.05, 4.69) is 0 Å². The Morgan fingerprint density at radius 1 is 0.442 bits per heavy atom. The van der Waals surface area contributed by atoms with Crippen molar-refractivity contribution in [2.24, 2.45) is 35.5 Å². The van der Waals surface area contributed by atoms with Gasteiger partial charge in [-0.15, -0.1) is 0 Å². The molecule has 43 heavy (non-hydrogen) atoms. The molecule has 0 aromatic rings. The van der Waals surface area contributed by atoms with Crippen molar-refractivity contribution >= 4 is 35.4 Å². The first-order valence-corrected chi connectivity index (χ1v) is 15.7. The van der Waals surface area contributed by atoms with Crippen LogP contribution in [0.1, 0.15) is 88.5 Å². The van der Waals surface area contributed by atoms with Gasteiger partial charge in [-0.3, -0.25) is 28.8 Å². The van der Waals surface area contributed by atoms with Crippen molar-refractivity contribution in [3.05, 3.63) is 0 Å². The molecule has 1 unspecified atom stereocenters. The van der Waals surface area contributed by atoms with E-state index in [9.17, 15) is 28.8 Å². The molecule has 0 spiro atoms. The van der Waals surface area contributed by atoms with Crippen molar-refractivity contribution in [3.8, 4) is 0 Å². The summed E-state index contributed by atoms with van der Waals surface area (Å²) in [6.45, 7) is 18.9. The third-order valence-electron chi connectivity index (χ3n) is 7.75. The summed E-state index contributed by atoms with van der Waals surface area (Å²) in [5.74, 6) is -2.47. The Morgan fingerprint density at radius 2 is 0.721 bits per heavy atom. The fourth-order valence-electron chi connectivity index (χ4n) is 5.45. The molecular weight excluding hydrogens is 552 g/mol. The average Bonchev–Trinajstić information content (AvgIpc) is 2.95. The Balaban J connectivity index is 2.24. The van der Waals surface area contributed by atoms with Crippen LogP contribution in [0.3, 0.4) is 0 Å². The molecule has 0 aromatic heterocycles. The Kier molecular flexibility index (Phi) is 13.0. The topological polar surface area (TPSA) is 122 Å². The number of carbonyl (C=O) groups excluding carboxylic acids is 6. The first-order valence-electron chi connectivity index (χ1n) is 15.7. The van der Waals surface area contributed by atoms with E-state index in [0.29, 0.717) is 6.42 Å². The third-order valence-corrected chi connectivity index (χ3v) is 7.75. The van der Waals surface area contributed by atoms with Crippen molar-refractivity contribution < 1.29 is 28.8 Å². The SMILES string of the molecule is CC(C)CC(CCC(=O)N1CN(C(=O)C(C)C)CN(C(=O)C(C)C)C1)C(=O)N1CN(C(=O)C(C)C)CN(C(=O)C(C)C)C1. The smallest absolute Gasteiger partial charge is 0.228 e. The van der Waals surface area contributed by atoms with Crippen LogP contribution in [-0.4, -0.2) is 105 Å². The van der Waals surface area contributed by atoms with Crippen LogP contribution in [0.15, 0.2) is 0 Å². The molecule has 1 atom stereocenters. The van der Waals surface area contributed by atoms with Gasteiger partial charge in [-0.2, -0.15) is 0 Å². The third kappa shape index (κ3) is 9.66. The molecule has 0 bridgehead atoms. The van der Waals surface area contributed by atoms with Crippen LogP contribution in [0.5, 0.6) is 0 Å². The lowest BCUT2D eigenvalue weighted by Crippen LogP contribution is -2.61. The molecule has 0 aromatic carbocycles. The molecule has 2 saturated heterocycles. The van der Waals surface area contributed by atoms with E-state index in [1.807, 2.05) is 13.8 Å². The highest BCUT2D eigenvalue weighted by molar-refractivity contribution is 5.85. The second-order valence-corrected chi connectivity index (χ2v) is 13.7. The monoisotopic (exact) mass is 606 g/mol. The van der Waals surface area contributed by atoms with Gasteiger partial charge in [-0.25, -0.2) is 0 Å². The van der Waals surface area contributed by atoms with Crippen molar-refractivity contribution in [1.29, 1.82) is 0 Å². The van der Waals surface area contributed by atoms with Gasteiger partial charge in [0.1, 0.15) is 0 Å². The van der Waals surface area contributed by atoms with E-state index in [1.54, 1.807) is 60.3 Å². The van der Waals surface area contributed by atoms with Crippen LogP contribution in [0.2, 0.25) is 0 Å². The zero-order valence-corrected chi connectivity index (χ0v) is 28.0. The summed E-state index contributed by atoms with van der Waals surface area (Å²) < 4.78 is 0. The largest absolute Gasteiger partial charge is 0.307 e. The predicted octanol–water partition coefficient (Wildman–Crippen LogP) is 2.80.